The van der Waals surface area contributed by atoms with Crippen LogP contribution < -0.4 is 0 Å². The van der Waals surface area contributed by atoms with Crippen LogP contribution in [0.4, 0.5) is 0 Å². The van der Waals surface area contributed by atoms with Gasteiger partial charge in [-0.3, -0.25) is 0 Å². The van der Waals surface area contributed by atoms with Crippen molar-refractivity contribution in [3.05, 3.63) is 35.9 Å². The lowest BCUT2D eigenvalue weighted by atomic mass is 10.2. The Kier molecular flexibility index (Phi) is 2.68. The molecule has 1 saturated heterocycles. The van der Waals surface area contributed by atoms with Crippen LogP contribution in [0, 0.1) is 0 Å². The lowest BCUT2D eigenvalue weighted by Crippen LogP contribution is -2.28. The van der Waals surface area contributed by atoms with Gasteiger partial charge in [-0.2, -0.15) is 0 Å². The molecule has 0 aromatic heterocycles. The third-order valence-electron chi connectivity index (χ3n) is 2.53. The van der Waals surface area contributed by atoms with Crippen molar-refractivity contribution in [2.45, 2.75) is 12.8 Å². The molecule has 0 aliphatic carbocycles. The van der Waals surface area contributed by atoms with E-state index in [1.807, 2.05) is 30.3 Å². The molecule has 0 spiro atoms. The first-order valence-corrected chi connectivity index (χ1v) is 4.94. The van der Waals surface area contributed by atoms with Crippen LogP contribution in [-0.4, -0.2) is 29.0 Å². The minimum absolute atomic E-state index is 0.697. The van der Waals surface area contributed by atoms with Gasteiger partial charge in [0.1, 0.15) is 0 Å². The Balaban J connectivity index is 2.22. The fourth-order valence-electron chi connectivity index (χ4n) is 1.82. The number of rotatable bonds is 1. The van der Waals surface area contributed by atoms with Gasteiger partial charge in [0.25, 0.3) is 0 Å². The summed E-state index contributed by atoms with van der Waals surface area (Å²) in [6.07, 6.45) is 2.37. The fourth-order valence-corrected chi connectivity index (χ4v) is 1.82. The molecule has 0 amide bonds. The molecule has 1 aromatic carbocycles. The number of amidine groups is 1. The largest absolute Gasteiger partial charge is 0.409 e. The lowest BCUT2D eigenvalue weighted by Gasteiger charge is -2.18. The molecule has 74 valence electrons. The molecule has 1 fully saturated rings. The van der Waals surface area contributed by atoms with Crippen molar-refractivity contribution in [1.82, 2.24) is 4.90 Å². The molecular weight excluding hydrogens is 176 g/mol. The number of oxime groups is 1. The minimum Gasteiger partial charge on any atom is -0.409 e. The molecule has 0 bridgehead atoms. The first-order valence-electron chi connectivity index (χ1n) is 4.94. The maximum Gasteiger partial charge on any atom is 0.175 e. The highest BCUT2D eigenvalue weighted by Gasteiger charge is 2.17. The summed E-state index contributed by atoms with van der Waals surface area (Å²) in [4.78, 5) is 2.12. The summed E-state index contributed by atoms with van der Waals surface area (Å²) in [6, 6.07) is 9.80. The average molecular weight is 190 g/mol. The zero-order valence-corrected chi connectivity index (χ0v) is 8.06. The second-order valence-electron chi connectivity index (χ2n) is 3.48. The van der Waals surface area contributed by atoms with Crippen molar-refractivity contribution in [3.8, 4) is 0 Å². The maximum atomic E-state index is 8.99. The van der Waals surface area contributed by atoms with E-state index in [-0.39, 0.29) is 0 Å². The smallest absolute Gasteiger partial charge is 0.175 e. The topological polar surface area (TPSA) is 35.8 Å². The average Bonchev–Trinajstić information content (AvgIpc) is 2.74. The second-order valence-corrected chi connectivity index (χ2v) is 3.48. The van der Waals surface area contributed by atoms with Crippen molar-refractivity contribution in [3.63, 3.8) is 0 Å². The zero-order chi connectivity index (χ0) is 9.80. The molecule has 0 atom stereocenters. The molecule has 14 heavy (non-hydrogen) atoms. The number of likely N-dealkylation sites (tertiary alicyclic amines) is 1. The van der Waals surface area contributed by atoms with Crippen LogP contribution in [0.25, 0.3) is 0 Å². The molecule has 1 N–H and O–H groups in total. The summed E-state index contributed by atoms with van der Waals surface area (Å²) >= 11 is 0. The van der Waals surface area contributed by atoms with Gasteiger partial charge in [-0.1, -0.05) is 35.5 Å². The van der Waals surface area contributed by atoms with Crippen molar-refractivity contribution in [2.75, 3.05) is 13.1 Å². The van der Waals surface area contributed by atoms with Crippen molar-refractivity contribution >= 4 is 5.84 Å². The monoisotopic (exact) mass is 190 g/mol. The molecular formula is C11H14N2O. The van der Waals surface area contributed by atoms with E-state index < -0.39 is 0 Å². The predicted octanol–water partition coefficient (Wildman–Crippen LogP) is 1.92. The van der Waals surface area contributed by atoms with E-state index in [4.69, 9.17) is 5.21 Å². The summed E-state index contributed by atoms with van der Waals surface area (Å²) < 4.78 is 0. The van der Waals surface area contributed by atoms with E-state index in [1.54, 1.807) is 0 Å². The summed E-state index contributed by atoms with van der Waals surface area (Å²) in [7, 11) is 0. The minimum atomic E-state index is 0.697. The van der Waals surface area contributed by atoms with E-state index in [0.29, 0.717) is 5.84 Å². The Labute approximate surface area is 83.7 Å². The Hall–Kier alpha value is -1.51. The van der Waals surface area contributed by atoms with E-state index in [1.165, 1.54) is 12.8 Å². The van der Waals surface area contributed by atoms with E-state index in [0.717, 1.165) is 18.7 Å². The Morgan fingerprint density at radius 3 is 2.36 bits per heavy atom. The van der Waals surface area contributed by atoms with Gasteiger partial charge >= 0.3 is 0 Å². The molecule has 0 radical (unpaired) electrons. The normalized spacial score (nSPS) is 17.4. The third-order valence-corrected chi connectivity index (χ3v) is 2.53. The summed E-state index contributed by atoms with van der Waals surface area (Å²) in [5.74, 6) is 0.697. The van der Waals surface area contributed by atoms with Gasteiger partial charge in [0.15, 0.2) is 5.84 Å². The molecule has 1 heterocycles. The van der Waals surface area contributed by atoms with Crippen LogP contribution in [-0.2, 0) is 0 Å². The number of benzene rings is 1. The first kappa shape index (κ1) is 9.06. The standard InChI is InChI=1S/C11H14N2O/c14-12-11(13-8-4-5-9-13)10-6-2-1-3-7-10/h1-3,6-7,14H,4-5,8-9H2/b12-11+. The summed E-state index contributed by atoms with van der Waals surface area (Å²) in [5, 5.41) is 12.4. The quantitative estimate of drug-likeness (QED) is 0.318. The van der Waals surface area contributed by atoms with Crippen molar-refractivity contribution in [1.29, 1.82) is 0 Å². The van der Waals surface area contributed by atoms with Crippen LogP contribution in [0.5, 0.6) is 0 Å². The highest BCUT2D eigenvalue weighted by Crippen LogP contribution is 2.13. The lowest BCUT2D eigenvalue weighted by molar-refractivity contribution is 0.307. The van der Waals surface area contributed by atoms with Gasteiger partial charge in [-0.25, -0.2) is 0 Å². The number of nitrogens with zero attached hydrogens (tertiary/aromatic N) is 2. The highest BCUT2D eigenvalue weighted by molar-refractivity contribution is 5.98. The van der Waals surface area contributed by atoms with E-state index >= 15 is 0 Å². The third kappa shape index (κ3) is 1.71. The Morgan fingerprint density at radius 1 is 1.14 bits per heavy atom. The van der Waals surface area contributed by atoms with Crippen LogP contribution in [0.3, 0.4) is 0 Å². The Bertz CT molecular complexity index is 315. The molecule has 3 nitrogen and oxygen atoms in total. The molecule has 2 rings (SSSR count). The van der Waals surface area contributed by atoms with Crippen LogP contribution >= 0.6 is 0 Å². The SMILES string of the molecule is O/N=C(\c1ccccc1)N1CCCC1. The van der Waals surface area contributed by atoms with Gasteiger partial charge in [-0.15, -0.1) is 0 Å². The second kappa shape index (κ2) is 4.13. The predicted molar refractivity (Wildman–Crippen MR) is 55.6 cm³/mol. The van der Waals surface area contributed by atoms with Crippen molar-refractivity contribution < 1.29 is 5.21 Å². The molecule has 1 aliphatic rings. The molecule has 1 aliphatic heterocycles. The maximum absolute atomic E-state index is 8.99. The number of hydrogen-bond acceptors (Lipinski definition) is 2. The fraction of sp³-hybridized carbons (Fsp3) is 0.364. The van der Waals surface area contributed by atoms with Gasteiger partial charge in [0, 0.05) is 18.7 Å². The Morgan fingerprint density at radius 2 is 1.79 bits per heavy atom. The van der Waals surface area contributed by atoms with Crippen LogP contribution in [0.1, 0.15) is 18.4 Å². The van der Waals surface area contributed by atoms with Gasteiger partial charge < -0.3 is 10.1 Å². The van der Waals surface area contributed by atoms with Gasteiger partial charge in [-0.05, 0) is 12.8 Å². The van der Waals surface area contributed by atoms with Crippen LogP contribution in [0.2, 0.25) is 0 Å². The highest BCUT2D eigenvalue weighted by atomic mass is 16.4. The summed E-state index contributed by atoms with van der Waals surface area (Å²) in [6.45, 7) is 1.99. The van der Waals surface area contributed by atoms with E-state index in [9.17, 15) is 0 Å². The van der Waals surface area contributed by atoms with E-state index in [2.05, 4.69) is 10.1 Å². The van der Waals surface area contributed by atoms with Gasteiger partial charge in [0.2, 0.25) is 0 Å². The zero-order valence-electron chi connectivity index (χ0n) is 8.06. The summed E-state index contributed by atoms with van der Waals surface area (Å²) in [5.41, 5.74) is 0.983. The first-order chi connectivity index (χ1) is 6.92. The molecule has 0 unspecified atom stereocenters. The number of hydrogen-bond donors (Lipinski definition) is 1. The van der Waals surface area contributed by atoms with Crippen molar-refractivity contribution in [2.24, 2.45) is 5.16 Å². The molecule has 0 saturated carbocycles. The molecule has 3 heteroatoms. The van der Waals surface area contributed by atoms with Crippen LogP contribution in [0.15, 0.2) is 35.5 Å². The van der Waals surface area contributed by atoms with Gasteiger partial charge in [0.05, 0.1) is 0 Å². The molecule has 1 aromatic rings.